The van der Waals surface area contributed by atoms with Crippen LogP contribution in [0.4, 0.5) is 5.69 Å². The Morgan fingerprint density at radius 1 is 1.30 bits per heavy atom. The van der Waals surface area contributed by atoms with Crippen molar-refractivity contribution in [3.63, 3.8) is 0 Å². The van der Waals surface area contributed by atoms with Crippen LogP contribution in [0.3, 0.4) is 0 Å². The summed E-state index contributed by atoms with van der Waals surface area (Å²) in [4.78, 5) is 18.9. The molecular weight excluding hydrogens is 356 g/mol. The Hall–Kier alpha value is -1.62. The number of methoxy groups -OCH3 is 1. The van der Waals surface area contributed by atoms with Gasteiger partial charge in [0.1, 0.15) is 0 Å². The summed E-state index contributed by atoms with van der Waals surface area (Å²) < 4.78 is 5.90. The number of nitrogens with zero attached hydrogens (tertiary/aromatic N) is 2. The molecule has 0 bridgehead atoms. The Kier molecular flexibility index (Phi) is 3.56. The molecule has 1 aliphatic heterocycles. The topological polar surface area (TPSA) is 42.4 Å². The first-order valence-electron chi connectivity index (χ1n) is 8.04. The van der Waals surface area contributed by atoms with E-state index in [0.717, 1.165) is 34.2 Å². The van der Waals surface area contributed by atoms with E-state index >= 15 is 0 Å². The predicted molar refractivity (Wildman–Crippen MR) is 93.9 cm³/mol. The maximum absolute atomic E-state index is 12.0. The second-order valence-electron chi connectivity index (χ2n) is 6.70. The summed E-state index contributed by atoms with van der Waals surface area (Å²) in [6.45, 7) is 2.12. The van der Waals surface area contributed by atoms with Gasteiger partial charge in [0.2, 0.25) is 0 Å². The summed E-state index contributed by atoms with van der Waals surface area (Å²) in [6.07, 6.45) is 5.21. The van der Waals surface area contributed by atoms with Crippen molar-refractivity contribution in [1.82, 2.24) is 4.98 Å². The molecule has 0 radical (unpaired) electrons. The van der Waals surface area contributed by atoms with Gasteiger partial charge in [0.05, 0.1) is 12.6 Å². The average molecular weight is 375 g/mol. The minimum Gasteiger partial charge on any atom is -0.464 e. The Morgan fingerprint density at radius 3 is 2.87 bits per heavy atom. The number of carbonyl (C=O) groups is 1. The van der Waals surface area contributed by atoms with E-state index in [-0.39, 0.29) is 5.97 Å². The number of halogens is 1. The third-order valence-electron chi connectivity index (χ3n) is 5.10. The lowest BCUT2D eigenvalue weighted by Crippen LogP contribution is -2.36. The zero-order chi connectivity index (χ0) is 16.0. The molecule has 2 heterocycles. The lowest BCUT2D eigenvalue weighted by Gasteiger charge is -2.35. The van der Waals surface area contributed by atoms with Crippen LogP contribution in [0.25, 0.3) is 10.9 Å². The molecule has 4 nitrogen and oxygen atoms in total. The molecule has 0 amide bonds. The maximum Gasteiger partial charge on any atom is 0.356 e. The van der Waals surface area contributed by atoms with Gasteiger partial charge >= 0.3 is 5.97 Å². The van der Waals surface area contributed by atoms with E-state index in [1.165, 1.54) is 32.8 Å². The van der Waals surface area contributed by atoms with Gasteiger partial charge in [-0.2, -0.15) is 0 Å². The first kappa shape index (κ1) is 14.9. The molecule has 1 saturated carbocycles. The highest BCUT2D eigenvalue weighted by molar-refractivity contribution is 9.10. The van der Waals surface area contributed by atoms with Crippen LogP contribution in [0, 0.1) is 5.41 Å². The standard InChI is InChI=1S/C18H19BrN2O2/c1-23-17(22)15-10-16(13-9-12(19)3-4-14(13)20-15)21-8-2-5-18(11-21)6-7-18/h3-4,9-10H,2,5-8,11H2,1H3. The number of pyridine rings is 1. The fraction of sp³-hybridized carbons (Fsp3) is 0.444. The lowest BCUT2D eigenvalue weighted by atomic mass is 9.94. The van der Waals surface area contributed by atoms with Crippen molar-refractivity contribution in [3.05, 3.63) is 34.4 Å². The lowest BCUT2D eigenvalue weighted by molar-refractivity contribution is 0.0594. The summed E-state index contributed by atoms with van der Waals surface area (Å²) in [5, 5.41) is 1.09. The van der Waals surface area contributed by atoms with Crippen molar-refractivity contribution < 1.29 is 9.53 Å². The van der Waals surface area contributed by atoms with Gasteiger partial charge in [-0.25, -0.2) is 9.78 Å². The molecule has 1 aliphatic carbocycles. The van der Waals surface area contributed by atoms with Crippen LogP contribution in [0.5, 0.6) is 0 Å². The van der Waals surface area contributed by atoms with Crippen molar-refractivity contribution in [3.8, 4) is 0 Å². The Labute approximate surface area is 144 Å². The molecule has 5 heteroatoms. The number of benzene rings is 1. The van der Waals surface area contributed by atoms with Crippen LogP contribution in [0.2, 0.25) is 0 Å². The van der Waals surface area contributed by atoms with Gasteiger partial charge in [-0.15, -0.1) is 0 Å². The first-order chi connectivity index (χ1) is 11.1. The molecule has 2 aromatic rings. The van der Waals surface area contributed by atoms with Crippen LogP contribution >= 0.6 is 15.9 Å². The molecule has 0 unspecified atom stereocenters. The fourth-order valence-electron chi connectivity index (χ4n) is 3.65. The molecule has 120 valence electrons. The molecular formula is C18H19BrN2O2. The molecule has 1 aromatic carbocycles. The second kappa shape index (κ2) is 5.48. The monoisotopic (exact) mass is 374 g/mol. The Bertz CT molecular complexity index is 786. The zero-order valence-corrected chi connectivity index (χ0v) is 14.7. The van der Waals surface area contributed by atoms with E-state index in [9.17, 15) is 4.79 Å². The number of carbonyl (C=O) groups excluding carboxylic acids is 1. The van der Waals surface area contributed by atoms with Crippen LogP contribution in [0.15, 0.2) is 28.7 Å². The van der Waals surface area contributed by atoms with Gasteiger partial charge in [0.25, 0.3) is 0 Å². The number of hydrogen-bond acceptors (Lipinski definition) is 4. The van der Waals surface area contributed by atoms with Gasteiger partial charge in [-0.05, 0) is 55.4 Å². The SMILES string of the molecule is COC(=O)c1cc(N2CCCC3(CC3)C2)c2cc(Br)ccc2n1. The van der Waals surface area contributed by atoms with Gasteiger partial charge in [-0.3, -0.25) is 0 Å². The van der Waals surface area contributed by atoms with Crippen molar-refractivity contribution in [1.29, 1.82) is 0 Å². The molecule has 1 saturated heterocycles. The highest BCUT2D eigenvalue weighted by Crippen LogP contribution is 2.53. The summed E-state index contributed by atoms with van der Waals surface area (Å²) >= 11 is 3.55. The first-order valence-corrected chi connectivity index (χ1v) is 8.83. The highest BCUT2D eigenvalue weighted by Gasteiger charge is 2.45. The minimum atomic E-state index is -0.380. The normalized spacial score (nSPS) is 19.1. The molecule has 23 heavy (non-hydrogen) atoms. The number of rotatable bonds is 2. The maximum atomic E-state index is 12.0. The molecule has 2 fully saturated rings. The highest BCUT2D eigenvalue weighted by atomic mass is 79.9. The largest absolute Gasteiger partial charge is 0.464 e. The van der Waals surface area contributed by atoms with Crippen molar-refractivity contribution in [2.75, 3.05) is 25.1 Å². The van der Waals surface area contributed by atoms with Gasteiger partial charge < -0.3 is 9.64 Å². The van der Waals surface area contributed by atoms with E-state index in [1.54, 1.807) is 0 Å². The van der Waals surface area contributed by atoms with Gasteiger partial charge in [0, 0.05) is 28.6 Å². The van der Waals surface area contributed by atoms with Crippen LogP contribution in [0.1, 0.15) is 36.2 Å². The number of ether oxygens (including phenoxy) is 1. The quantitative estimate of drug-likeness (QED) is 0.740. The summed E-state index contributed by atoms with van der Waals surface area (Å²) in [5.41, 5.74) is 2.84. The number of hydrogen-bond donors (Lipinski definition) is 0. The van der Waals surface area contributed by atoms with E-state index in [2.05, 4.69) is 31.9 Å². The molecule has 2 aliphatic rings. The number of aromatic nitrogens is 1. The molecule has 1 aromatic heterocycles. The smallest absolute Gasteiger partial charge is 0.356 e. The van der Waals surface area contributed by atoms with E-state index in [0.29, 0.717) is 11.1 Å². The molecule has 0 atom stereocenters. The minimum absolute atomic E-state index is 0.380. The summed E-state index contributed by atoms with van der Waals surface area (Å²) in [5.74, 6) is -0.380. The van der Waals surface area contributed by atoms with E-state index in [1.807, 2.05) is 18.2 Å². The van der Waals surface area contributed by atoms with E-state index < -0.39 is 0 Å². The number of anilines is 1. The number of esters is 1. The Morgan fingerprint density at radius 2 is 2.13 bits per heavy atom. The van der Waals surface area contributed by atoms with E-state index in [4.69, 9.17) is 4.74 Å². The van der Waals surface area contributed by atoms with Gasteiger partial charge in [-0.1, -0.05) is 15.9 Å². The molecule has 4 rings (SSSR count). The number of fused-ring (bicyclic) bond motifs is 1. The van der Waals surface area contributed by atoms with Crippen molar-refractivity contribution in [2.24, 2.45) is 5.41 Å². The summed E-state index contributed by atoms with van der Waals surface area (Å²) in [6, 6.07) is 7.89. The number of piperidine rings is 1. The third kappa shape index (κ3) is 2.71. The average Bonchev–Trinajstić information content (AvgIpc) is 3.31. The molecule has 0 N–H and O–H groups in total. The third-order valence-corrected chi connectivity index (χ3v) is 5.60. The van der Waals surface area contributed by atoms with Crippen LogP contribution in [-0.4, -0.2) is 31.2 Å². The summed E-state index contributed by atoms with van der Waals surface area (Å²) in [7, 11) is 1.40. The van der Waals surface area contributed by atoms with Crippen LogP contribution in [-0.2, 0) is 4.74 Å². The fourth-order valence-corrected chi connectivity index (χ4v) is 4.01. The molecule has 1 spiro atoms. The van der Waals surface area contributed by atoms with Gasteiger partial charge in [0.15, 0.2) is 5.69 Å². The van der Waals surface area contributed by atoms with Crippen LogP contribution < -0.4 is 4.90 Å². The Balaban J connectivity index is 1.84. The second-order valence-corrected chi connectivity index (χ2v) is 7.62. The predicted octanol–water partition coefficient (Wildman–Crippen LogP) is 4.16. The van der Waals surface area contributed by atoms with Crippen molar-refractivity contribution in [2.45, 2.75) is 25.7 Å². The zero-order valence-electron chi connectivity index (χ0n) is 13.1. The van der Waals surface area contributed by atoms with Crippen molar-refractivity contribution >= 4 is 38.5 Å².